The first kappa shape index (κ1) is 20.2. The molecular weight excluding hydrogens is 337 g/mol. The largest absolute Gasteiger partial charge is 0.466 e. The molecule has 1 saturated carbocycles. The van der Waals surface area contributed by atoms with Crippen molar-refractivity contribution in [2.75, 3.05) is 11.9 Å². The van der Waals surface area contributed by atoms with E-state index in [1.807, 2.05) is 6.07 Å². The Hall–Kier alpha value is -2.11. The first-order valence-electron chi connectivity index (χ1n) is 9.15. The molecule has 1 aliphatic rings. The number of nitrogens with one attached hydrogen (secondary N) is 1. The molecule has 0 saturated heterocycles. The smallest absolute Gasteiger partial charge is 0.412 e. The Balaban J connectivity index is 1.95. The summed E-state index contributed by atoms with van der Waals surface area (Å²) < 4.78 is 24.6. The van der Waals surface area contributed by atoms with Gasteiger partial charge in [0.25, 0.3) is 0 Å². The van der Waals surface area contributed by atoms with E-state index in [1.54, 1.807) is 33.8 Å². The second kappa shape index (κ2) is 8.52. The summed E-state index contributed by atoms with van der Waals surface area (Å²) in [5.41, 5.74) is 0.348. The average Bonchev–Trinajstić information content (AvgIpc) is 2.55. The van der Waals surface area contributed by atoms with E-state index in [0.717, 1.165) is 31.2 Å². The number of anilines is 1. The summed E-state index contributed by atoms with van der Waals surface area (Å²) >= 11 is 0. The molecule has 6 heteroatoms. The van der Waals surface area contributed by atoms with Gasteiger partial charge in [0.05, 0.1) is 18.2 Å². The molecule has 0 spiro atoms. The van der Waals surface area contributed by atoms with Gasteiger partial charge in [-0.05, 0) is 77.0 Å². The molecule has 1 aromatic rings. The molecular formula is C20H28FNO4. The van der Waals surface area contributed by atoms with Crippen LogP contribution in [0, 0.1) is 11.7 Å². The molecule has 1 aromatic carbocycles. The molecule has 0 aromatic heterocycles. The first-order valence-corrected chi connectivity index (χ1v) is 9.15. The van der Waals surface area contributed by atoms with Crippen molar-refractivity contribution in [1.29, 1.82) is 0 Å². The number of carbonyl (C=O) groups excluding carboxylic acids is 2. The highest BCUT2D eigenvalue weighted by Crippen LogP contribution is 2.37. The van der Waals surface area contributed by atoms with Gasteiger partial charge in [0, 0.05) is 0 Å². The molecule has 1 amide bonds. The van der Waals surface area contributed by atoms with Crippen molar-refractivity contribution < 1.29 is 23.5 Å². The van der Waals surface area contributed by atoms with Crippen LogP contribution in [0.15, 0.2) is 18.2 Å². The number of rotatable bonds is 4. The molecule has 26 heavy (non-hydrogen) atoms. The Morgan fingerprint density at radius 1 is 1.19 bits per heavy atom. The minimum absolute atomic E-state index is 0.0517. The van der Waals surface area contributed by atoms with Gasteiger partial charge >= 0.3 is 12.1 Å². The third-order valence-corrected chi connectivity index (χ3v) is 4.45. The van der Waals surface area contributed by atoms with Crippen molar-refractivity contribution in [1.82, 2.24) is 0 Å². The lowest BCUT2D eigenvalue weighted by Gasteiger charge is -2.27. The molecule has 1 N–H and O–H groups in total. The van der Waals surface area contributed by atoms with Crippen molar-refractivity contribution in [3.8, 4) is 0 Å². The lowest BCUT2D eigenvalue weighted by Crippen LogP contribution is -2.27. The van der Waals surface area contributed by atoms with Crippen LogP contribution in [-0.2, 0) is 14.3 Å². The third-order valence-electron chi connectivity index (χ3n) is 4.45. The molecule has 0 heterocycles. The Labute approximate surface area is 154 Å². The van der Waals surface area contributed by atoms with E-state index < -0.39 is 17.5 Å². The summed E-state index contributed by atoms with van der Waals surface area (Å²) in [5.74, 6) is -0.454. The van der Waals surface area contributed by atoms with Gasteiger partial charge < -0.3 is 9.47 Å². The second-order valence-electron chi connectivity index (χ2n) is 7.67. The predicted molar refractivity (Wildman–Crippen MR) is 97.6 cm³/mol. The van der Waals surface area contributed by atoms with Gasteiger partial charge in [-0.1, -0.05) is 6.07 Å². The monoisotopic (exact) mass is 365 g/mol. The number of ether oxygens (including phenoxy) is 2. The number of carbonyl (C=O) groups is 2. The molecule has 0 unspecified atom stereocenters. The molecule has 1 aliphatic carbocycles. The zero-order valence-corrected chi connectivity index (χ0v) is 15.9. The van der Waals surface area contributed by atoms with Gasteiger partial charge in [-0.15, -0.1) is 0 Å². The number of hydrogen-bond donors (Lipinski definition) is 1. The number of halogens is 1. The minimum atomic E-state index is -0.681. The van der Waals surface area contributed by atoms with Crippen molar-refractivity contribution >= 4 is 17.7 Å². The zero-order chi connectivity index (χ0) is 19.3. The number of esters is 1. The van der Waals surface area contributed by atoms with Gasteiger partial charge in [-0.3, -0.25) is 10.1 Å². The fourth-order valence-electron chi connectivity index (χ4n) is 3.22. The highest BCUT2D eigenvalue weighted by Gasteiger charge is 2.28. The molecule has 0 bridgehead atoms. The fourth-order valence-corrected chi connectivity index (χ4v) is 3.22. The van der Waals surface area contributed by atoms with Crippen LogP contribution >= 0.6 is 0 Å². The average molecular weight is 365 g/mol. The molecule has 0 aliphatic heterocycles. The Kier molecular flexibility index (Phi) is 6.62. The van der Waals surface area contributed by atoms with Crippen molar-refractivity contribution in [2.45, 2.75) is 64.9 Å². The van der Waals surface area contributed by atoms with Gasteiger partial charge in [0.2, 0.25) is 0 Å². The van der Waals surface area contributed by atoms with E-state index in [2.05, 4.69) is 5.32 Å². The maximum atomic E-state index is 14.4. The topological polar surface area (TPSA) is 64.6 Å². The Bertz CT molecular complexity index is 646. The molecule has 2 rings (SSSR count). The van der Waals surface area contributed by atoms with Crippen LogP contribution in [0.25, 0.3) is 0 Å². The SMILES string of the molecule is CCOC(=O)[C@H]1CC[C@@H](c2ccc(NC(=O)OC(C)(C)C)c(F)c2)CC1. The predicted octanol–water partition coefficient (Wildman–Crippen LogP) is 5.01. The lowest BCUT2D eigenvalue weighted by molar-refractivity contribution is -0.149. The van der Waals surface area contributed by atoms with Gasteiger partial charge in [0.15, 0.2) is 0 Å². The Morgan fingerprint density at radius 2 is 1.85 bits per heavy atom. The first-order chi connectivity index (χ1) is 12.2. The maximum absolute atomic E-state index is 14.4. The standard InChI is InChI=1S/C20H28FNO4/c1-5-25-18(23)14-8-6-13(7-9-14)15-10-11-17(16(21)12-15)22-19(24)26-20(2,3)4/h10-14H,5-9H2,1-4H3,(H,22,24)/t13-,14+. The van der Waals surface area contributed by atoms with E-state index in [9.17, 15) is 14.0 Å². The summed E-state index contributed by atoms with van der Waals surface area (Å²) in [7, 11) is 0. The van der Waals surface area contributed by atoms with Crippen LogP contribution < -0.4 is 5.32 Å². The summed E-state index contributed by atoms with van der Waals surface area (Å²) in [6, 6.07) is 4.85. The summed E-state index contributed by atoms with van der Waals surface area (Å²) in [6.07, 6.45) is 2.47. The summed E-state index contributed by atoms with van der Waals surface area (Å²) in [5, 5.41) is 2.44. The maximum Gasteiger partial charge on any atom is 0.412 e. The summed E-state index contributed by atoms with van der Waals surface area (Å²) in [4.78, 5) is 23.6. The fraction of sp³-hybridized carbons (Fsp3) is 0.600. The van der Waals surface area contributed by atoms with Crippen LogP contribution in [0.1, 0.15) is 64.9 Å². The van der Waals surface area contributed by atoms with Crippen LogP contribution in [-0.4, -0.2) is 24.3 Å². The minimum Gasteiger partial charge on any atom is -0.466 e. The quantitative estimate of drug-likeness (QED) is 0.762. The molecule has 5 nitrogen and oxygen atoms in total. The zero-order valence-electron chi connectivity index (χ0n) is 15.9. The third kappa shape index (κ3) is 5.71. The van der Waals surface area contributed by atoms with E-state index in [-0.39, 0.29) is 23.5 Å². The highest BCUT2D eigenvalue weighted by molar-refractivity contribution is 5.85. The Morgan fingerprint density at radius 3 is 2.38 bits per heavy atom. The lowest BCUT2D eigenvalue weighted by atomic mass is 9.78. The van der Waals surface area contributed by atoms with Crippen molar-refractivity contribution in [3.05, 3.63) is 29.6 Å². The van der Waals surface area contributed by atoms with Crippen molar-refractivity contribution in [2.24, 2.45) is 5.92 Å². The van der Waals surface area contributed by atoms with Crippen LogP contribution in [0.2, 0.25) is 0 Å². The van der Waals surface area contributed by atoms with E-state index >= 15 is 0 Å². The van der Waals surface area contributed by atoms with Gasteiger partial charge in [-0.2, -0.15) is 0 Å². The molecule has 0 atom stereocenters. The van der Waals surface area contributed by atoms with Crippen LogP contribution in [0.5, 0.6) is 0 Å². The van der Waals surface area contributed by atoms with Crippen molar-refractivity contribution in [3.63, 3.8) is 0 Å². The van der Waals surface area contributed by atoms with Gasteiger partial charge in [0.1, 0.15) is 11.4 Å². The number of hydrogen-bond acceptors (Lipinski definition) is 4. The van der Waals surface area contributed by atoms with Crippen LogP contribution in [0.4, 0.5) is 14.9 Å². The second-order valence-corrected chi connectivity index (χ2v) is 7.67. The number of benzene rings is 1. The van der Waals surface area contributed by atoms with E-state index in [0.29, 0.717) is 6.61 Å². The van der Waals surface area contributed by atoms with Crippen LogP contribution in [0.3, 0.4) is 0 Å². The van der Waals surface area contributed by atoms with E-state index in [4.69, 9.17) is 9.47 Å². The number of amides is 1. The normalized spacial score (nSPS) is 20.3. The molecule has 144 valence electrons. The van der Waals surface area contributed by atoms with Gasteiger partial charge in [-0.25, -0.2) is 9.18 Å². The molecule has 1 fully saturated rings. The summed E-state index contributed by atoms with van der Waals surface area (Å²) in [6.45, 7) is 7.45. The molecule has 0 radical (unpaired) electrons. The highest BCUT2D eigenvalue weighted by atomic mass is 19.1. The van der Waals surface area contributed by atoms with E-state index in [1.165, 1.54) is 6.07 Å².